The molecular weight excluding hydrogens is 267 g/mol. The summed E-state index contributed by atoms with van der Waals surface area (Å²) in [6, 6.07) is 5.10. The van der Waals surface area contributed by atoms with Crippen molar-refractivity contribution in [1.82, 2.24) is 4.90 Å². The topological polar surface area (TPSA) is 63.4 Å². The number of halogens is 1. The lowest BCUT2D eigenvalue weighted by Gasteiger charge is -2.33. The van der Waals surface area contributed by atoms with Crippen LogP contribution in [0.4, 0.5) is 4.39 Å². The molecule has 1 aliphatic heterocycles. The SMILES string of the molecule is CC1CS(=O)(=O)CCN1Cc1cccc(CN)c1F. The van der Waals surface area contributed by atoms with E-state index in [4.69, 9.17) is 5.73 Å². The zero-order valence-electron chi connectivity index (χ0n) is 11.0. The van der Waals surface area contributed by atoms with Gasteiger partial charge in [0, 0.05) is 36.8 Å². The summed E-state index contributed by atoms with van der Waals surface area (Å²) in [6.07, 6.45) is 0. The van der Waals surface area contributed by atoms with Crippen molar-refractivity contribution in [3.8, 4) is 0 Å². The van der Waals surface area contributed by atoms with Gasteiger partial charge >= 0.3 is 0 Å². The van der Waals surface area contributed by atoms with Crippen LogP contribution in [0.3, 0.4) is 0 Å². The number of hydrogen-bond acceptors (Lipinski definition) is 4. The highest BCUT2D eigenvalue weighted by Crippen LogP contribution is 2.19. The van der Waals surface area contributed by atoms with Gasteiger partial charge < -0.3 is 5.73 Å². The van der Waals surface area contributed by atoms with Crippen molar-refractivity contribution in [2.75, 3.05) is 18.1 Å². The minimum Gasteiger partial charge on any atom is -0.326 e. The Balaban J connectivity index is 2.14. The first-order chi connectivity index (χ1) is 8.93. The van der Waals surface area contributed by atoms with Crippen molar-refractivity contribution in [3.63, 3.8) is 0 Å². The molecule has 2 rings (SSSR count). The van der Waals surface area contributed by atoms with Gasteiger partial charge in [-0.3, -0.25) is 4.90 Å². The first kappa shape index (κ1) is 14.4. The third-order valence-electron chi connectivity index (χ3n) is 3.56. The molecule has 0 radical (unpaired) electrons. The van der Waals surface area contributed by atoms with E-state index in [0.717, 1.165) is 0 Å². The van der Waals surface area contributed by atoms with Crippen LogP contribution >= 0.6 is 0 Å². The first-order valence-electron chi connectivity index (χ1n) is 6.34. The van der Waals surface area contributed by atoms with E-state index < -0.39 is 9.84 Å². The molecule has 6 heteroatoms. The molecule has 1 heterocycles. The Hall–Kier alpha value is -0.980. The van der Waals surface area contributed by atoms with Crippen LogP contribution in [0.25, 0.3) is 0 Å². The first-order valence-corrected chi connectivity index (χ1v) is 8.16. The number of nitrogens with two attached hydrogens (primary N) is 1. The van der Waals surface area contributed by atoms with Crippen LogP contribution in [-0.4, -0.2) is 37.4 Å². The highest BCUT2D eigenvalue weighted by Gasteiger charge is 2.28. The second-order valence-electron chi connectivity index (χ2n) is 5.03. The van der Waals surface area contributed by atoms with E-state index >= 15 is 0 Å². The van der Waals surface area contributed by atoms with Crippen molar-refractivity contribution in [1.29, 1.82) is 0 Å². The summed E-state index contributed by atoms with van der Waals surface area (Å²) in [6.45, 7) is 2.91. The Kier molecular flexibility index (Phi) is 4.23. The average molecular weight is 286 g/mol. The fourth-order valence-electron chi connectivity index (χ4n) is 2.40. The van der Waals surface area contributed by atoms with Crippen LogP contribution in [0.15, 0.2) is 18.2 Å². The Labute approximate surface area is 113 Å². The number of hydrogen-bond donors (Lipinski definition) is 1. The lowest BCUT2D eigenvalue weighted by atomic mass is 10.1. The van der Waals surface area contributed by atoms with Gasteiger partial charge in [0.2, 0.25) is 0 Å². The predicted molar refractivity (Wildman–Crippen MR) is 72.8 cm³/mol. The molecule has 0 spiro atoms. The van der Waals surface area contributed by atoms with Crippen LogP contribution in [-0.2, 0) is 22.9 Å². The zero-order valence-corrected chi connectivity index (χ0v) is 11.8. The highest BCUT2D eigenvalue weighted by molar-refractivity contribution is 7.91. The Morgan fingerprint density at radius 1 is 1.42 bits per heavy atom. The number of rotatable bonds is 3. The van der Waals surface area contributed by atoms with Gasteiger partial charge in [0.1, 0.15) is 5.82 Å². The van der Waals surface area contributed by atoms with Gasteiger partial charge in [0.15, 0.2) is 9.84 Å². The van der Waals surface area contributed by atoms with Gasteiger partial charge in [0.05, 0.1) is 11.5 Å². The molecule has 1 aromatic rings. The molecule has 1 fully saturated rings. The van der Waals surface area contributed by atoms with Crippen LogP contribution < -0.4 is 5.73 Å². The van der Waals surface area contributed by atoms with Crippen molar-refractivity contribution >= 4 is 9.84 Å². The molecule has 106 valence electrons. The van der Waals surface area contributed by atoms with Gasteiger partial charge in [0.25, 0.3) is 0 Å². The molecule has 0 amide bonds. The van der Waals surface area contributed by atoms with Crippen molar-refractivity contribution in [2.45, 2.75) is 26.1 Å². The summed E-state index contributed by atoms with van der Waals surface area (Å²) in [5, 5.41) is 0. The van der Waals surface area contributed by atoms with Gasteiger partial charge in [-0.2, -0.15) is 0 Å². The van der Waals surface area contributed by atoms with Gasteiger partial charge in [-0.25, -0.2) is 12.8 Å². The summed E-state index contributed by atoms with van der Waals surface area (Å²) in [5.41, 5.74) is 6.56. The van der Waals surface area contributed by atoms with Crippen molar-refractivity contribution < 1.29 is 12.8 Å². The summed E-state index contributed by atoms with van der Waals surface area (Å²) < 4.78 is 37.1. The van der Waals surface area contributed by atoms with E-state index in [0.29, 0.717) is 24.2 Å². The number of nitrogens with zero attached hydrogens (tertiary/aromatic N) is 1. The Morgan fingerprint density at radius 3 is 2.74 bits per heavy atom. The van der Waals surface area contributed by atoms with E-state index in [1.54, 1.807) is 18.2 Å². The lowest BCUT2D eigenvalue weighted by Crippen LogP contribution is -2.46. The fraction of sp³-hybridized carbons (Fsp3) is 0.538. The van der Waals surface area contributed by atoms with E-state index in [1.165, 1.54) is 0 Å². The van der Waals surface area contributed by atoms with E-state index in [-0.39, 0.29) is 29.9 Å². The molecule has 1 unspecified atom stereocenters. The third-order valence-corrected chi connectivity index (χ3v) is 5.35. The molecule has 1 atom stereocenters. The van der Waals surface area contributed by atoms with Gasteiger partial charge in [-0.15, -0.1) is 0 Å². The van der Waals surface area contributed by atoms with Gasteiger partial charge in [-0.05, 0) is 6.92 Å². The van der Waals surface area contributed by atoms with E-state index in [9.17, 15) is 12.8 Å². The van der Waals surface area contributed by atoms with Crippen LogP contribution in [0.1, 0.15) is 18.1 Å². The highest BCUT2D eigenvalue weighted by atomic mass is 32.2. The summed E-state index contributed by atoms with van der Waals surface area (Å²) in [4.78, 5) is 2.00. The summed E-state index contributed by atoms with van der Waals surface area (Å²) in [5.74, 6) is 0.0198. The fourth-order valence-corrected chi connectivity index (χ4v) is 4.02. The smallest absolute Gasteiger partial charge is 0.153 e. The van der Waals surface area contributed by atoms with Crippen LogP contribution in [0.2, 0.25) is 0 Å². The number of sulfone groups is 1. The molecule has 2 N–H and O–H groups in total. The lowest BCUT2D eigenvalue weighted by molar-refractivity contribution is 0.215. The maximum atomic E-state index is 14.1. The van der Waals surface area contributed by atoms with Crippen LogP contribution in [0.5, 0.6) is 0 Å². The maximum absolute atomic E-state index is 14.1. The van der Waals surface area contributed by atoms with Crippen molar-refractivity contribution in [3.05, 3.63) is 35.1 Å². The Morgan fingerprint density at radius 2 is 2.11 bits per heavy atom. The second-order valence-corrected chi connectivity index (χ2v) is 7.26. The van der Waals surface area contributed by atoms with Gasteiger partial charge in [-0.1, -0.05) is 18.2 Å². The molecule has 4 nitrogen and oxygen atoms in total. The largest absolute Gasteiger partial charge is 0.326 e. The zero-order chi connectivity index (χ0) is 14.0. The summed E-state index contributed by atoms with van der Waals surface area (Å²) >= 11 is 0. The monoisotopic (exact) mass is 286 g/mol. The molecule has 1 aliphatic rings. The molecule has 1 saturated heterocycles. The molecule has 1 aromatic carbocycles. The standard InChI is InChI=1S/C13H19FN2O2S/c1-10-9-19(17,18)6-5-16(10)8-12-4-2-3-11(7-15)13(12)14/h2-4,10H,5-9,15H2,1H3. The normalized spacial score (nSPS) is 23.4. The van der Waals surface area contributed by atoms with E-state index in [1.807, 2.05) is 11.8 Å². The molecule has 0 aliphatic carbocycles. The quantitative estimate of drug-likeness (QED) is 0.897. The minimum absolute atomic E-state index is 0.0836. The second kappa shape index (κ2) is 5.56. The molecule has 19 heavy (non-hydrogen) atoms. The van der Waals surface area contributed by atoms with Crippen molar-refractivity contribution in [2.24, 2.45) is 5.73 Å². The average Bonchev–Trinajstić information content (AvgIpc) is 2.34. The molecule has 0 saturated carbocycles. The number of benzene rings is 1. The predicted octanol–water partition coefficient (Wildman–Crippen LogP) is 0.903. The minimum atomic E-state index is -2.94. The third kappa shape index (κ3) is 3.32. The molecule has 0 aromatic heterocycles. The van der Waals surface area contributed by atoms with E-state index in [2.05, 4.69) is 0 Å². The van der Waals surface area contributed by atoms with Crippen LogP contribution in [0, 0.1) is 5.82 Å². The Bertz CT molecular complexity index is 560. The molecule has 0 bridgehead atoms. The molecular formula is C13H19FN2O2S. The summed E-state index contributed by atoms with van der Waals surface area (Å²) in [7, 11) is -2.94. The maximum Gasteiger partial charge on any atom is 0.153 e.